The van der Waals surface area contributed by atoms with E-state index in [1.165, 1.54) is 5.56 Å². The van der Waals surface area contributed by atoms with Gasteiger partial charge in [-0.25, -0.2) is 0 Å². The predicted molar refractivity (Wildman–Crippen MR) is 121 cm³/mol. The fraction of sp³-hybridized carbons (Fsp3) is 0.318. The minimum Gasteiger partial charge on any atom is -0.368 e. The van der Waals surface area contributed by atoms with E-state index in [1.54, 1.807) is 0 Å². The molecule has 2 aromatic carbocycles. The van der Waals surface area contributed by atoms with Crippen molar-refractivity contribution in [2.75, 3.05) is 37.2 Å². The van der Waals surface area contributed by atoms with Gasteiger partial charge in [0.05, 0.1) is 6.04 Å². The molecule has 0 saturated carbocycles. The van der Waals surface area contributed by atoms with E-state index >= 15 is 0 Å². The second kappa shape index (κ2) is 9.38. The molecule has 30 heavy (non-hydrogen) atoms. The molecule has 1 unspecified atom stereocenters. The molecule has 1 aliphatic heterocycles. The summed E-state index contributed by atoms with van der Waals surface area (Å²) < 4.78 is 0. The van der Waals surface area contributed by atoms with Crippen LogP contribution in [-0.2, 0) is 6.54 Å². The van der Waals surface area contributed by atoms with Crippen LogP contribution in [-0.4, -0.2) is 50.9 Å². The third-order valence-corrected chi connectivity index (χ3v) is 5.60. The molecular weight excluding hydrogens is 398 g/mol. The Hall–Kier alpha value is -2.74. The molecule has 2 heterocycles. The van der Waals surface area contributed by atoms with E-state index in [1.807, 2.05) is 42.5 Å². The van der Waals surface area contributed by atoms with Gasteiger partial charge in [0, 0.05) is 43.4 Å². The van der Waals surface area contributed by atoms with Crippen LogP contribution in [0.1, 0.15) is 24.4 Å². The number of nitrogens with two attached hydrogens (primary N) is 1. The SMILES string of the molecule is CC(c1nc(N)nc(Nc2ccccc2)n1)N1CCN(Cc2ccc(Cl)cc2)CC1. The summed E-state index contributed by atoms with van der Waals surface area (Å²) in [6.45, 7) is 6.92. The highest BCUT2D eigenvalue weighted by Crippen LogP contribution is 2.22. The van der Waals surface area contributed by atoms with Gasteiger partial charge in [0.25, 0.3) is 0 Å². The number of halogens is 1. The molecule has 1 fully saturated rings. The van der Waals surface area contributed by atoms with Gasteiger partial charge >= 0.3 is 0 Å². The summed E-state index contributed by atoms with van der Waals surface area (Å²) in [6, 6.07) is 17.9. The van der Waals surface area contributed by atoms with Crippen LogP contribution in [0.5, 0.6) is 0 Å². The molecule has 156 valence electrons. The van der Waals surface area contributed by atoms with Crippen molar-refractivity contribution >= 4 is 29.2 Å². The maximum atomic E-state index is 5.98. The molecule has 1 atom stereocenters. The predicted octanol–water partition coefficient (Wildman–Crippen LogP) is 3.73. The lowest BCUT2D eigenvalue weighted by Crippen LogP contribution is -2.47. The molecule has 1 aromatic heterocycles. The molecular formula is C22H26ClN7. The number of nitrogens with zero attached hydrogens (tertiary/aromatic N) is 5. The van der Waals surface area contributed by atoms with Crippen molar-refractivity contribution in [1.29, 1.82) is 0 Å². The largest absolute Gasteiger partial charge is 0.368 e. The topological polar surface area (TPSA) is 83.2 Å². The second-order valence-corrected chi connectivity index (χ2v) is 7.92. The van der Waals surface area contributed by atoms with E-state index in [0.29, 0.717) is 11.8 Å². The lowest BCUT2D eigenvalue weighted by molar-refractivity contribution is 0.0948. The zero-order valence-electron chi connectivity index (χ0n) is 17.0. The minimum absolute atomic E-state index is 0.0595. The van der Waals surface area contributed by atoms with E-state index in [-0.39, 0.29) is 12.0 Å². The van der Waals surface area contributed by atoms with Gasteiger partial charge in [0.15, 0.2) is 5.82 Å². The van der Waals surface area contributed by atoms with Crippen LogP contribution in [0, 0.1) is 0 Å². The third-order valence-electron chi connectivity index (χ3n) is 5.35. The fourth-order valence-corrected chi connectivity index (χ4v) is 3.75. The van der Waals surface area contributed by atoms with Crippen molar-refractivity contribution in [2.45, 2.75) is 19.5 Å². The summed E-state index contributed by atoms with van der Waals surface area (Å²) in [7, 11) is 0. The summed E-state index contributed by atoms with van der Waals surface area (Å²) in [5, 5.41) is 3.98. The van der Waals surface area contributed by atoms with Crippen LogP contribution in [0.15, 0.2) is 54.6 Å². The summed E-state index contributed by atoms with van der Waals surface area (Å²) in [4.78, 5) is 18.1. The van der Waals surface area contributed by atoms with Gasteiger partial charge in [-0.1, -0.05) is 41.9 Å². The average molecular weight is 424 g/mol. The van der Waals surface area contributed by atoms with E-state index in [2.05, 4.69) is 49.1 Å². The maximum absolute atomic E-state index is 5.98. The second-order valence-electron chi connectivity index (χ2n) is 7.48. The Morgan fingerprint density at radius 2 is 1.67 bits per heavy atom. The van der Waals surface area contributed by atoms with Crippen molar-refractivity contribution in [3.05, 3.63) is 71.0 Å². The van der Waals surface area contributed by atoms with Gasteiger partial charge in [-0.05, 0) is 36.8 Å². The Kier molecular flexibility index (Phi) is 6.42. The van der Waals surface area contributed by atoms with E-state index in [0.717, 1.165) is 43.4 Å². The van der Waals surface area contributed by atoms with Crippen LogP contribution in [0.2, 0.25) is 5.02 Å². The molecule has 0 aliphatic carbocycles. The van der Waals surface area contributed by atoms with Gasteiger partial charge in [-0.2, -0.15) is 15.0 Å². The van der Waals surface area contributed by atoms with Crippen LogP contribution >= 0.6 is 11.6 Å². The monoisotopic (exact) mass is 423 g/mol. The van der Waals surface area contributed by atoms with E-state index in [9.17, 15) is 0 Å². The smallest absolute Gasteiger partial charge is 0.232 e. The molecule has 0 spiro atoms. The Morgan fingerprint density at radius 1 is 0.967 bits per heavy atom. The van der Waals surface area contributed by atoms with Crippen LogP contribution < -0.4 is 11.1 Å². The summed E-state index contributed by atoms with van der Waals surface area (Å²) >= 11 is 5.98. The van der Waals surface area contributed by atoms with Crippen molar-refractivity contribution in [3.8, 4) is 0 Å². The van der Waals surface area contributed by atoms with Crippen LogP contribution in [0.25, 0.3) is 0 Å². The molecule has 0 radical (unpaired) electrons. The highest BCUT2D eigenvalue weighted by molar-refractivity contribution is 6.30. The van der Waals surface area contributed by atoms with Gasteiger partial charge in [0.1, 0.15) is 0 Å². The van der Waals surface area contributed by atoms with Crippen molar-refractivity contribution < 1.29 is 0 Å². The molecule has 0 bridgehead atoms. The number of para-hydroxylation sites is 1. The van der Waals surface area contributed by atoms with Crippen molar-refractivity contribution in [3.63, 3.8) is 0 Å². The quantitative estimate of drug-likeness (QED) is 0.624. The third kappa shape index (κ3) is 5.24. The zero-order chi connectivity index (χ0) is 20.9. The zero-order valence-corrected chi connectivity index (χ0v) is 17.8. The Labute approximate surface area is 181 Å². The number of hydrogen-bond donors (Lipinski definition) is 2. The van der Waals surface area contributed by atoms with Gasteiger partial charge in [0.2, 0.25) is 11.9 Å². The van der Waals surface area contributed by atoms with E-state index in [4.69, 9.17) is 17.3 Å². The first-order chi connectivity index (χ1) is 14.6. The first-order valence-corrected chi connectivity index (χ1v) is 10.5. The molecule has 1 aliphatic rings. The maximum Gasteiger partial charge on any atom is 0.232 e. The van der Waals surface area contributed by atoms with Gasteiger partial charge < -0.3 is 11.1 Å². The standard InChI is InChI=1S/C22H26ClN7/c1-16(20-26-21(24)28-22(27-20)25-19-5-3-2-4-6-19)30-13-11-29(12-14-30)15-17-7-9-18(23)10-8-17/h2-10,16H,11-15H2,1H3,(H3,24,25,26,27,28). The van der Waals surface area contributed by atoms with Crippen molar-refractivity contribution in [2.24, 2.45) is 0 Å². The van der Waals surface area contributed by atoms with Crippen LogP contribution in [0.4, 0.5) is 17.6 Å². The summed E-state index contributed by atoms with van der Waals surface area (Å²) in [6.07, 6.45) is 0. The minimum atomic E-state index is 0.0595. The molecule has 1 saturated heterocycles. The van der Waals surface area contributed by atoms with Crippen molar-refractivity contribution in [1.82, 2.24) is 24.8 Å². The number of hydrogen-bond acceptors (Lipinski definition) is 7. The lowest BCUT2D eigenvalue weighted by Gasteiger charge is -2.37. The normalized spacial score (nSPS) is 16.3. The number of nitrogens with one attached hydrogen (secondary N) is 1. The first kappa shape index (κ1) is 20.5. The van der Waals surface area contributed by atoms with Gasteiger partial charge in [-0.15, -0.1) is 0 Å². The fourth-order valence-electron chi connectivity index (χ4n) is 3.62. The first-order valence-electron chi connectivity index (χ1n) is 10.1. The molecule has 3 N–H and O–H groups in total. The van der Waals surface area contributed by atoms with Gasteiger partial charge in [-0.3, -0.25) is 9.80 Å². The number of aromatic nitrogens is 3. The highest BCUT2D eigenvalue weighted by atomic mass is 35.5. The Morgan fingerprint density at radius 3 is 2.37 bits per heavy atom. The number of rotatable bonds is 6. The molecule has 8 heteroatoms. The highest BCUT2D eigenvalue weighted by Gasteiger charge is 2.24. The molecule has 7 nitrogen and oxygen atoms in total. The Balaban J connectivity index is 1.37. The summed E-state index contributed by atoms with van der Waals surface area (Å²) in [5.41, 5.74) is 8.16. The molecule has 3 aromatic rings. The van der Waals surface area contributed by atoms with Crippen LogP contribution in [0.3, 0.4) is 0 Å². The Bertz CT molecular complexity index is 957. The molecule has 4 rings (SSSR count). The number of nitrogen functional groups attached to an aromatic ring is 1. The lowest BCUT2D eigenvalue weighted by atomic mass is 10.1. The number of benzene rings is 2. The number of piperazine rings is 1. The summed E-state index contributed by atoms with van der Waals surface area (Å²) in [5.74, 6) is 1.38. The van der Waals surface area contributed by atoms with E-state index < -0.39 is 0 Å². The molecule has 0 amide bonds. The number of anilines is 3. The average Bonchev–Trinajstić information content (AvgIpc) is 2.76.